The number of thioether (sulfide) groups is 1. The van der Waals surface area contributed by atoms with Gasteiger partial charge in [-0.25, -0.2) is 9.07 Å². The van der Waals surface area contributed by atoms with Crippen molar-refractivity contribution in [1.29, 1.82) is 0 Å². The molecule has 3 aromatic rings. The Bertz CT molecular complexity index is 1000. The van der Waals surface area contributed by atoms with Crippen LogP contribution in [-0.4, -0.2) is 21.4 Å². The zero-order chi connectivity index (χ0) is 19.0. The fraction of sp³-hybridized carbons (Fsp3) is 0.200. The Kier molecular flexibility index (Phi) is 4.93. The summed E-state index contributed by atoms with van der Waals surface area (Å²) >= 11 is 7.62. The molecule has 1 aromatic heterocycles. The van der Waals surface area contributed by atoms with Gasteiger partial charge in [-0.15, -0.1) is 11.8 Å². The Hall–Kier alpha value is -2.31. The molecule has 27 heavy (non-hydrogen) atoms. The number of aromatic nitrogens is 2. The zero-order valence-electron chi connectivity index (χ0n) is 14.6. The van der Waals surface area contributed by atoms with Gasteiger partial charge >= 0.3 is 0 Å². The maximum absolute atomic E-state index is 13.7. The summed E-state index contributed by atoms with van der Waals surface area (Å²) in [6.45, 7) is 1.85. The molecule has 1 unspecified atom stereocenters. The van der Waals surface area contributed by atoms with Crippen LogP contribution in [-0.2, 0) is 0 Å². The molecule has 2 heterocycles. The maximum Gasteiger partial charge on any atom is 0.255 e. The Labute approximate surface area is 165 Å². The molecule has 1 N–H and O–H groups in total. The van der Waals surface area contributed by atoms with E-state index in [0.29, 0.717) is 10.6 Å². The summed E-state index contributed by atoms with van der Waals surface area (Å²) in [5.41, 5.74) is 2.90. The number of carbonyl (C=O) groups is 1. The van der Waals surface area contributed by atoms with E-state index in [1.54, 1.807) is 40.8 Å². The predicted molar refractivity (Wildman–Crippen MR) is 105 cm³/mol. The molecule has 0 saturated carbocycles. The molecule has 0 saturated heterocycles. The first-order valence-corrected chi connectivity index (χ1v) is 9.93. The Balaban J connectivity index is 1.58. The fourth-order valence-electron chi connectivity index (χ4n) is 3.23. The van der Waals surface area contributed by atoms with Crippen molar-refractivity contribution in [3.05, 3.63) is 76.3 Å². The van der Waals surface area contributed by atoms with Gasteiger partial charge in [0.15, 0.2) is 0 Å². The molecule has 0 radical (unpaired) electrons. The third kappa shape index (κ3) is 3.59. The summed E-state index contributed by atoms with van der Waals surface area (Å²) in [6, 6.07) is 11.8. The van der Waals surface area contributed by atoms with E-state index in [0.717, 1.165) is 34.0 Å². The monoisotopic (exact) mass is 401 g/mol. The molecule has 4 rings (SSSR count). The average molecular weight is 402 g/mol. The lowest BCUT2D eigenvalue weighted by atomic mass is 10.0. The summed E-state index contributed by atoms with van der Waals surface area (Å²) in [5.74, 6) is 0.383. The topological polar surface area (TPSA) is 46.9 Å². The maximum atomic E-state index is 13.7. The highest BCUT2D eigenvalue weighted by Crippen LogP contribution is 2.36. The van der Waals surface area contributed by atoms with Gasteiger partial charge in [0, 0.05) is 15.7 Å². The van der Waals surface area contributed by atoms with Gasteiger partial charge in [-0.05, 0) is 61.4 Å². The molecule has 0 aliphatic carbocycles. The number of nitrogens with zero attached hydrogens (tertiary/aromatic N) is 2. The molecule has 1 aliphatic heterocycles. The van der Waals surface area contributed by atoms with Gasteiger partial charge < -0.3 is 5.32 Å². The minimum Gasteiger partial charge on any atom is -0.345 e. The molecule has 0 bridgehead atoms. The highest BCUT2D eigenvalue weighted by molar-refractivity contribution is 7.99. The van der Waals surface area contributed by atoms with E-state index in [4.69, 9.17) is 11.6 Å². The number of carbonyl (C=O) groups excluding carboxylic acids is 1. The van der Waals surface area contributed by atoms with E-state index in [1.807, 2.05) is 19.1 Å². The van der Waals surface area contributed by atoms with E-state index in [9.17, 15) is 9.18 Å². The van der Waals surface area contributed by atoms with Crippen LogP contribution < -0.4 is 5.32 Å². The first-order chi connectivity index (χ1) is 13.0. The van der Waals surface area contributed by atoms with Crippen molar-refractivity contribution in [2.24, 2.45) is 0 Å². The summed E-state index contributed by atoms with van der Waals surface area (Å²) in [6.07, 6.45) is 2.32. The normalized spacial score (nSPS) is 16.0. The van der Waals surface area contributed by atoms with Crippen molar-refractivity contribution in [3.63, 3.8) is 0 Å². The number of fused-ring (bicyclic) bond motifs is 1. The molecule has 4 nitrogen and oxygen atoms in total. The van der Waals surface area contributed by atoms with Crippen LogP contribution in [0.5, 0.6) is 0 Å². The first kappa shape index (κ1) is 18.1. The highest BCUT2D eigenvalue weighted by atomic mass is 35.5. The quantitative estimate of drug-likeness (QED) is 0.676. The van der Waals surface area contributed by atoms with Crippen molar-refractivity contribution >= 4 is 29.3 Å². The lowest BCUT2D eigenvalue weighted by Crippen LogP contribution is -2.31. The number of nitrogens with one attached hydrogen (secondary N) is 1. The predicted octanol–water partition coefficient (Wildman–Crippen LogP) is 4.94. The third-order valence-electron chi connectivity index (χ3n) is 4.64. The molecular formula is C20H17ClFN3OS. The van der Waals surface area contributed by atoms with Gasteiger partial charge in [0.05, 0.1) is 29.2 Å². The molecular weight excluding hydrogens is 385 g/mol. The number of halogens is 2. The van der Waals surface area contributed by atoms with Crippen LogP contribution in [0.15, 0.2) is 53.6 Å². The van der Waals surface area contributed by atoms with Crippen molar-refractivity contribution in [2.45, 2.75) is 24.3 Å². The molecule has 1 atom stereocenters. The largest absolute Gasteiger partial charge is 0.345 e. The van der Waals surface area contributed by atoms with E-state index >= 15 is 0 Å². The summed E-state index contributed by atoms with van der Waals surface area (Å²) in [5, 5.41) is 8.02. The third-order valence-corrected chi connectivity index (χ3v) is 6.02. The zero-order valence-corrected chi connectivity index (χ0v) is 16.1. The Morgan fingerprint density at radius 1 is 1.30 bits per heavy atom. The summed E-state index contributed by atoms with van der Waals surface area (Å²) < 4.78 is 15.4. The van der Waals surface area contributed by atoms with Crippen molar-refractivity contribution in [2.75, 3.05) is 5.75 Å². The number of amides is 1. The Morgan fingerprint density at radius 2 is 2.07 bits per heavy atom. The van der Waals surface area contributed by atoms with Crippen LogP contribution >= 0.6 is 23.4 Å². The van der Waals surface area contributed by atoms with E-state index in [-0.39, 0.29) is 17.8 Å². The lowest BCUT2D eigenvalue weighted by Gasteiger charge is -2.26. The average Bonchev–Trinajstić information content (AvgIpc) is 3.04. The number of benzene rings is 2. The van der Waals surface area contributed by atoms with Gasteiger partial charge in [0.2, 0.25) is 0 Å². The minimum atomic E-state index is -0.290. The van der Waals surface area contributed by atoms with E-state index in [2.05, 4.69) is 10.4 Å². The van der Waals surface area contributed by atoms with Crippen LogP contribution in [0.4, 0.5) is 4.39 Å². The minimum absolute atomic E-state index is 0.206. The molecule has 7 heteroatoms. The molecule has 0 spiro atoms. The second-order valence-electron chi connectivity index (χ2n) is 6.38. The summed E-state index contributed by atoms with van der Waals surface area (Å²) in [4.78, 5) is 13.9. The van der Waals surface area contributed by atoms with Crippen LogP contribution in [0.3, 0.4) is 0 Å². The van der Waals surface area contributed by atoms with Crippen molar-refractivity contribution in [1.82, 2.24) is 15.1 Å². The van der Waals surface area contributed by atoms with Gasteiger partial charge in [0.25, 0.3) is 5.91 Å². The second-order valence-corrected chi connectivity index (χ2v) is 7.95. The molecule has 2 aromatic carbocycles. The van der Waals surface area contributed by atoms with Crippen molar-refractivity contribution < 1.29 is 9.18 Å². The first-order valence-electron chi connectivity index (χ1n) is 8.56. The van der Waals surface area contributed by atoms with E-state index < -0.39 is 0 Å². The summed E-state index contributed by atoms with van der Waals surface area (Å²) in [7, 11) is 0. The standard InChI is InChI=1S/C20H17ClFN3OS/c1-12-17(11-23-25(12)15-5-2-13(21)3-6-15)20(26)24-18-8-9-27-19-7-4-14(22)10-16(18)19/h2-7,10-11,18H,8-9H2,1H3,(H,24,26). The van der Waals surface area contributed by atoms with Gasteiger partial charge in [0.1, 0.15) is 5.82 Å². The molecule has 1 aliphatic rings. The highest BCUT2D eigenvalue weighted by Gasteiger charge is 2.25. The van der Waals surface area contributed by atoms with Crippen LogP contribution in [0.25, 0.3) is 5.69 Å². The molecule has 138 valence electrons. The van der Waals surface area contributed by atoms with Gasteiger partial charge in [-0.2, -0.15) is 5.10 Å². The number of hydrogen-bond donors (Lipinski definition) is 1. The number of hydrogen-bond acceptors (Lipinski definition) is 3. The molecule has 1 amide bonds. The second kappa shape index (κ2) is 7.37. The van der Waals surface area contributed by atoms with Crippen LogP contribution in [0.2, 0.25) is 5.02 Å². The smallest absolute Gasteiger partial charge is 0.255 e. The Morgan fingerprint density at radius 3 is 2.85 bits per heavy atom. The van der Waals surface area contributed by atoms with Crippen LogP contribution in [0, 0.1) is 12.7 Å². The van der Waals surface area contributed by atoms with Gasteiger partial charge in [-0.3, -0.25) is 4.79 Å². The van der Waals surface area contributed by atoms with Crippen LogP contribution in [0.1, 0.15) is 34.1 Å². The lowest BCUT2D eigenvalue weighted by molar-refractivity contribution is 0.0934. The van der Waals surface area contributed by atoms with Gasteiger partial charge in [-0.1, -0.05) is 11.6 Å². The van der Waals surface area contributed by atoms with Crippen molar-refractivity contribution in [3.8, 4) is 5.69 Å². The number of rotatable bonds is 3. The fourth-order valence-corrected chi connectivity index (χ4v) is 4.46. The SMILES string of the molecule is Cc1c(C(=O)NC2CCSc3ccc(F)cc32)cnn1-c1ccc(Cl)cc1. The van der Waals surface area contributed by atoms with E-state index in [1.165, 1.54) is 12.1 Å². The molecule has 0 fully saturated rings.